The van der Waals surface area contributed by atoms with Gasteiger partial charge in [0.15, 0.2) is 0 Å². The molecule has 0 bridgehead atoms. The van der Waals surface area contributed by atoms with Crippen LogP contribution in [0.3, 0.4) is 0 Å². The third-order valence-corrected chi connectivity index (χ3v) is 4.88. The van der Waals surface area contributed by atoms with Crippen molar-refractivity contribution in [2.24, 2.45) is 7.05 Å². The van der Waals surface area contributed by atoms with Gasteiger partial charge in [-0.05, 0) is 31.0 Å². The molecular formula is C19H24FN3O2. The van der Waals surface area contributed by atoms with Crippen LogP contribution in [0.5, 0.6) is 0 Å². The first-order valence-corrected chi connectivity index (χ1v) is 8.60. The monoisotopic (exact) mass is 345 g/mol. The highest BCUT2D eigenvalue weighted by molar-refractivity contribution is 5.84. The van der Waals surface area contributed by atoms with E-state index in [4.69, 9.17) is 4.74 Å². The lowest BCUT2D eigenvalue weighted by Crippen LogP contribution is -2.51. The molecule has 0 saturated carbocycles. The zero-order valence-electron chi connectivity index (χ0n) is 14.9. The summed E-state index contributed by atoms with van der Waals surface area (Å²) in [7, 11) is 1.86. The summed E-state index contributed by atoms with van der Waals surface area (Å²) in [5, 5.41) is 4.21. The number of amides is 1. The van der Waals surface area contributed by atoms with Crippen molar-refractivity contribution in [3.8, 4) is 0 Å². The smallest absolute Gasteiger partial charge is 0.230 e. The molecule has 5 nitrogen and oxygen atoms in total. The lowest BCUT2D eigenvalue weighted by Gasteiger charge is -2.41. The average Bonchev–Trinajstić information content (AvgIpc) is 3.04. The summed E-state index contributed by atoms with van der Waals surface area (Å²) >= 11 is 0. The molecule has 1 aromatic carbocycles. The molecule has 25 heavy (non-hydrogen) atoms. The number of hydrogen-bond donors (Lipinski definition) is 0. The molecule has 1 aliphatic heterocycles. The molecular weight excluding hydrogens is 321 g/mol. The first-order chi connectivity index (χ1) is 11.9. The quantitative estimate of drug-likeness (QED) is 0.856. The van der Waals surface area contributed by atoms with Crippen molar-refractivity contribution >= 4 is 5.91 Å². The molecule has 1 amide bonds. The lowest BCUT2D eigenvalue weighted by molar-refractivity contribution is -0.151. The molecule has 0 N–H and O–H groups in total. The summed E-state index contributed by atoms with van der Waals surface area (Å²) in [5.74, 6) is -0.494. The summed E-state index contributed by atoms with van der Waals surface area (Å²) in [6.07, 6.45) is 4.38. The van der Waals surface area contributed by atoms with Crippen molar-refractivity contribution in [3.63, 3.8) is 0 Å². The van der Waals surface area contributed by atoms with Crippen molar-refractivity contribution < 1.29 is 13.9 Å². The van der Waals surface area contributed by atoms with Crippen LogP contribution in [0.2, 0.25) is 0 Å². The molecule has 1 saturated heterocycles. The van der Waals surface area contributed by atoms with Gasteiger partial charge in [-0.25, -0.2) is 4.39 Å². The number of aryl methyl sites for hydroxylation is 1. The molecule has 0 radical (unpaired) electrons. The Hall–Kier alpha value is -2.21. The molecule has 134 valence electrons. The van der Waals surface area contributed by atoms with Crippen LogP contribution in [0.1, 0.15) is 37.3 Å². The normalized spacial score (nSPS) is 22.0. The number of hydrogen-bond acceptors (Lipinski definition) is 3. The van der Waals surface area contributed by atoms with Gasteiger partial charge in [0.05, 0.1) is 25.3 Å². The van der Waals surface area contributed by atoms with Crippen molar-refractivity contribution in [1.29, 1.82) is 0 Å². The van der Waals surface area contributed by atoms with Gasteiger partial charge in [-0.2, -0.15) is 5.10 Å². The number of rotatable bonds is 4. The number of carbonyl (C=O) groups excluding carboxylic acids is 1. The SMILES string of the molecule is CCC(C(=O)N1CCOC(C)(c2cnn(C)c2)C1)c1ccc(F)cc1. The highest BCUT2D eigenvalue weighted by Crippen LogP contribution is 2.31. The summed E-state index contributed by atoms with van der Waals surface area (Å²) in [6.45, 7) is 5.49. The van der Waals surface area contributed by atoms with Crippen LogP contribution in [-0.4, -0.2) is 40.3 Å². The fourth-order valence-corrected chi connectivity index (χ4v) is 3.40. The van der Waals surface area contributed by atoms with Gasteiger partial charge >= 0.3 is 0 Å². The minimum atomic E-state index is -0.566. The maximum atomic E-state index is 13.2. The summed E-state index contributed by atoms with van der Waals surface area (Å²) in [4.78, 5) is 14.9. The van der Waals surface area contributed by atoms with Gasteiger partial charge in [-0.1, -0.05) is 19.1 Å². The number of benzene rings is 1. The van der Waals surface area contributed by atoms with Gasteiger partial charge in [0.1, 0.15) is 11.4 Å². The van der Waals surface area contributed by atoms with Gasteiger partial charge < -0.3 is 9.64 Å². The molecule has 0 spiro atoms. The number of nitrogens with zero attached hydrogens (tertiary/aromatic N) is 3. The van der Waals surface area contributed by atoms with Crippen LogP contribution in [0.4, 0.5) is 4.39 Å². The fraction of sp³-hybridized carbons (Fsp3) is 0.474. The van der Waals surface area contributed by atoms with Crippen LogP contribution >= 0.6 is 0 Å². The standard InChI is InChI=1S/C19H24FN3O2/c1-4-17(14-5-7-16(20)8-6-14)18(24)23-9-10-25-19(2,13-23)15-11-21-22(3)12-15/h5-8,11-12,17H,4,9-10,13H2,1-3H3. The first-order valence-electron chi connectivity index (χ1n) is 8.60. The first kappa shape index (κ1) is 17.6. The van der Waals surface area contributed by atoms with E-state index in [2.05, 4.69) is 5.10 Å². The number of halogens is 1. The Balaban J connectivity index is 1.80. The molecule has 1 aromatic heterocycles. The molecule has 2 heterocycles. The van der Waals surface area contributed by atoms with E-state index in [-0.39, 0.29) is 17.6 Å². The van der Waals surface area contributed by atoms with E-state index in [1.807, 2.05) is 32.0 Å². The molecule has 1 fully saturated rings. The van der Waals surface area contributed by atoms with Crippen LogP contribution in [-0.2, 0) is 22.2 Å². The predicted molar refractivity (Wildman–Crippen MR) is 92.5 cm³/mol. The molecule has 2 atom stereocenters. The van der Waals surface area contributed by atoms with E-state index in [0.29, 0.717) is 26.1 Å². The van der Waals surface area contributed by atoms with Gasteiger partial charge in [0.25, 0.3) is 0 Å². The van der Waals surface area contributed by atoms with E-state index >= 15 is 0 Å². The van der Waals surface area contributed by atoms with E-state index < -0.39 is 5.60 Å². The Bertz CT molecular complexity index is 743. The highest BCUT2D eigenvalue weighted by Gasteiger charge is 2.38. The van der Waals surface area contributed by atoms with E-state index in [1.165, 1.54) is 12.1 Å². The highest BCUT2D eigenvalue weighted by atomic mass is 19.1. The third kappa shape index (κ3) is 3.58. The molecule has 6 heteroatoms. The number of aromatic nitrogens is 2. The Labute approximate surface area is 147 Å². The third-order valence-electron chi connectivity index (χ3n) is 4.88. The maximum absolute atomic E-state index is 13.2. The maximum Gasteiger partial charge on any atom is 0.230 e. The molecule has 3 rings (SSSR count). The van der Waals surface area contributed by atoms with Crippen LogP contribution in [0.15, 0.2) is 36.7 Å². The summed E-state index contributed by atoms with van der Waals surface area (Å²) in [6, 6.07) is 6.21. The predicted octanol–water partition coefficient (Wildman–Crippen LogP) is 2.83. The van der Waals surface area contributed by atoms with E-state index in [0.717, 1.165) is 11.1 Å². The van der Waals surface area contributed by atoms with Crippen molar-refractivity contribution in [2.75, 3.05) is 19.7 Å². The Morgan fingerprint density at radius 2 is 2.12 bits per heavy atom. The second kappa shape index (κ2) is 6.96. The van der Waals surface area contributed by atoms with Gasteiger partial charge in [-0.3, -0.25) is 9.48 Å². The van der Waals surface area contributed by atoms with Crippen molar-refractivity contribution in [2.45, 2.75) is 31.8 Å². The second-order valence-electron chi connectivity index (χ2n) is 6.75. The minimum Gasteiger partial charge on any atom is -0.367 e. The van der Waals surface area contributed by atoms with Gasteiger partial charge in [0, 0.05) is 25.4 Å². The number of ether oxygens (including phenoxy) is 1. The zero-order valence-corrected chi connectivity index (χ0v) is 14.9. The molecule has 2 aromatic rings. The Morgan fingerprint density at radius 1 is 1.40 bits per heavy atom. The largest absolute Gasteiger partial charge is 0.367 e. The zero-order chi connectivity index (χ0) is 18.0. The molecule has 2 unspecified atom stereocenters. The molecule has 1 aliphatic rings. The second-order valence-corrected chi connectivity index (χ2v) is 6.75. The Morgan fingerprint density at radius 3 is 2.72 bits per heavy atom. The lowest BCUT2D eigenvalue weighted by atomic mass is 9.92. The number of carbonyl (C=O) groups is 1. The Kier molecular flexibility index (Phi) is 4.90. The van der Waals surface area contributed by atoms with Crippen LogP contribution in [0, 0.1) is 5.82 Å². The number of morpholine rings is 1. The summed E-state index contributed by atoms with van der Waals surface area (Å²) in [5.41, 5.74) is 1.24. The topological polar surface area (TPSA) is 47.4 Å². The van der Waals surface area contributed by atoms with Gasteiger partial charge in [0.2, 0.25) is 5.91 Å². The van der Waals surface area contributed by atoms with Crippen molar-refractivity contribution in [1.82, 2.24) is 14.7 Å². The van der Waals surface area contributed by atoms with Crippen LogP contribution < -0.4 is 0 Å². The average molecular weight is 345 g/mol. The molecule has 0 aliphatic carbocycles. The van der Waals surface area contributed by atoms with E-state index in [9.17, 15) is 9.18 Å². The van der Waals surface area contributed by atoms with E-state index in [1.54, 1.807) is 23.0 Å². The fourth-order valence-electron chi connectivity index (χ4n) is 3.40. The van der Waals surface area contributed by atoms with Crippen molar-refractivity contribution in [3.05, 3.63) is 53.6 Å². The van der Waals surface area contributed by atoms with Gasteiger partial charge in [-0.15, -0.1) is 0 Å². The minimum absolute atomic E-state index is 0.0625. The van der Waals surface area contributed by atoms with Crippen LogP contribution in [0.25, 0.3) is 0 Å². The summed E-state index contributed by atoms with van der Waals surface area (Å²) < 4.78 is 20.9.